The predicted octanol–water partition coefficient (Wildman–Crippen LogP) is 4.27. The van der Waals surface area contributed by atoms with E-state index in [0.717, 1.165) is 22.2 Å². The van der Waals surface area contributed by atoms with Gasteiger partial charge in [-0.15, -0.1) is 0 Å². The molecule has 2 N–H and O–H groups in total. The van der Waals surface area contributed by atoms with Gasteiger partial charge in [-0.1, -0.05) is 60.3 Å². The Morgan fingerprint density at radius 1 is 0.969 bits per heavy atom. The zero-order valence-electron chi connectivity index (χ0n) is 17.3. The molecule has 0 unspecified atom stereocenters. The SMILES string of the molecule is Cc1ccccc1OCC(=O)NNC(=O)c1ccccc1CSc1nc2ccccc2o1. The van der Waals surface area contributed by atoms with Crippen molar-refractivity contribution in [2.75, 3.05) is 6.61 Å². The normalized spacial score (nSPS) is 10.7. The second-order valence-electron chi connectivity index (χ2n) is 6.95. The van der Waals surface area contributed by atoms with Crippen molar-refractivity contribution >= 4 is 34.7 Å². The molecule has 2 amide bonds. The van der Waals surface area contributed by atoms with Gasteiger partial charge in [0.2, 0.25) is 0 Å². The Labute approximate surface area is 189 Å². The standard InChI is InChI=1S/C24H21N3O4S/c1-16-8-2-6-12-20(16)30-14-22(28)26-27-23(29)18-10-4-3-9-17(18)15-32-24-25-19-11-5-7-13-21(19)31-24/h2-13H,14-15H2,1H3,(H,26,28)(H,27,29). The van der Waals surface area contributed by atoms with Gasteiger partial charge in [0.1, 0.15) is 11.3 Å². The van der Waals surface area contributed by atoms with Crippen molar-refractivity contribution in [1.29, 1.82) is 0 Å². The summed E-state index contributed by atoms with van der Waals surface area (Å²) in [6.45, 7) is 1.69. The number of fused-ring (bicyclic) bond motifs is 1. The smallest absolute Gasteiger partial charge is 0.276 e. The lowest BCUT2D eigenvalue weighted by atomic mass is 10.1. The van der Waals surface area contributed by atoms with Gasteiger partial charge in [-0.3, -0.25) is 20.4 Å². The third-order valence-electron chi connectivity index (χ3n) is 4.66. The highest BCUT2D eigenvalue weighted by Gasteiger charge is 2.14. The third-order valence-corrected chi connectivity index (χ3v) is 5.53. The van der Waals surface area contributed by atoms with Gasteiger partial charge in [-0.05, 0) is 42.3 Å². The number of oxazole rings is 1. The Morgan fingerprint density at radius 3 is 2.56 bits per heavy atom. The van der Waals surface area contributed by atoms with Crippen molar-refractivity contribution in [3.05, 3.63) is 89.5 Å². The molecule has 0 aliphatic heterocycles. The summed E-state index contributed by atoms with van der Waals surface area (Å²) >= 11 is 1.40. The molecule has 4 rings (SSSR count). The van der Waals surface area contributed by atoms with Crippen molar-refractivity contribution in [1.82, 2.24) is 15.8 Å². The van der Waals surface area contributed by atoms with E-state index in [-0.39, 0.29) is 6.61 Å². The van der Waals surface area contributed by atoms with Crippen LogP contribution in [0.1, 0.15) is 21.5 Å². The summed E-state index contributed by atoms with van der Waals surface area (Å²) in [5.74, 6) is 0.235. The number of para-hydroxylation sites is 3. The second kappa shape index (κ2) is 10.0. The van der Waals surface area contributed by atoms with E-state index in [4.69, 9.17) is 9.15 Å². The lowest BCUT2D eigenvalue weighted by Gasteiger charge is -2.12. The van der Waals surface area contributed by atoms with Crippen LogP contribution in [-0.4, -0.2) is 23.4 Å². The zero-order chi connectivity index (χ0) is 22.3. The maximum atomic E-state index is 12.6. The Kier molecular flexibility index (Phi) is 6.72. The molecule has 1 heterocycles. The van der Waals surface area contributed by atoms with Crippen molar-refractivity contribution in [3.63, 3.8) is 0 Å². The largest absolute Gasteiger partial charge is 0.483 e. The molecule has 0 radical (unpaired) electrons. The number of aromatic nitrogens is 1. The van der Waals surface area contributed by atoms with E-state index in [2.05, 4.69) is 15.8 Å². The van der Waals surface area contributed by atoms with Crippen LogP contribution in [0.4, 0.5) is 0 Å². The molecule has 0 atom stereocenters. The average molecular weight is 448 g/mol. The molecular formula is C24H21N3O4S. The number of nitrogens with one attached hydrogen (secondary N) is 2. The van der Waals surface area contributed by atoms with Crippen LogP contribution in [0.25, 0.3) is 11.1 Å². The molecule has 0 fully saturated rings. The van der Waals surface area contributed by atoms with Gasteiger partial charge in [0.25, 0.3) is 17.0 Å². The molecule has 0 saturated heterocycles. The van der Waals surface area contributed by atoms with E-state index in [9.17, 15) is 9.59 Å². The van der Waals surface area contributed by atoms with Crippen LogP contribution in [0.15, 0.2) is 82.4 Å². The van der Waals surface area contributed by atoms with Crippen LogP contribution < -0.4 is 15.6 Å². The van der Waals surface area contributed by atoms with Crippen LogP contribution >= 0.6 is 11.8 Å². The molecule has 3 aromatic carbocycles. The first-order valence-electron chi connectivity index (χ1n) is 9.94. The molecular weight excluding hydrogens is 426 g/mol. The molecule has 162 valence electrons. The van der Waals surface area contributed by atoms with Gasteiger partial charge in [0.05, 0.1) is 0 Å². The molecule has 0 saturated carbocycles. The van der Waals surface area contributed by atoms with Gasteiger partial charge >= 0.3 is 0 Å². The fourth-order valence-electron chi connectivity index (χ4n) is 3.01. The number of carbonyl (C=O) groups is 2. The summed E-state index contributed by atoms with van der Waals surface area (Å²) in [6.07, 6.45) is 0. The first kappa shape index (κ1) is 21.5. The number of rotatable bonds is 7. The molecule has 4 aromatic rings. The number of hydrazine groups is 1. The van der Waals surface area contributed by atoms with E-state index < -0.39 is 11.8 Å². The number of nitrogens with zero attached hydrogens (tertiary/aromatic N) is 1. The summed E-state index contributed by atoms with van der Waals surface area (Å²) in [5.41, 5.74) is 8.51. The number of aryl methyl sites for hydroxylation is 1. The minimum atomic E-state index is -0.458. The highest BCUT2D eigenvalue weighted by Crippen LogP contribution is 2.27. The number of hydrogen-bond acceptors (Lipinski definition) is 6. The molecule has 1 aromatic heterocycles. The van der Waals surface area contributed by atoms with E-state index in [1.807, 2.05) is 61.5 Å². The first-order chi connectivity index (χ1) is 15.6. The van der Waals surface area contributed by atoms with Crippen LogP contribution in [0.5, 0.6) is 5.75 Å². The van der Waals surface area contributed by atoms with Crippen LogP contribution in [-0.2, 0) is 10.5 Å². The molecule has 8 heteroatoms. The van der Waals surface area contributed by atoms with Gasteiger partial charge in [0.15, 0.2) is 12.2 Å². The highest BCUT2D eigenvalue weighted by molar-refractivity contribution is 7.98. The number of benzene rings is 3. The van der Waals surface area contributed by atoms with Crippen LogP contribution in [0.3, 0.4) is 0 Å². The minimum Gasteiger partial charge on any atom is -0.483 e. The molecule has 0 aliphatic carbocycles. The molecule has 7 nitrogen and oxygen atoms in total. The number of ether oxygens (including phenoxy) is 1. The fraction of sp³-hybridized carbons (Fsp3) is 0.125. The van der Waals surface area contributed by atoms with E-state index in [1.54, 1.807) is 18.2 Å². The van der Waals surface area contributed by atoms with Gasteiger partial charge in [-0.25, -0.2) is 4.98 Å². The highest BCUT2D eigenvalue weighted by atomic mass is 32.2. The molecule has 0 spiro atoms. The topological polar surface area (TPSA) is 93.5 Å². The number of thioether (sulfide) groups is 1. The van der Waals surface area contributed by atoms with E-state index in [0.29, 0.717) is 22.3 Å². The zero-order valence-corrected chi connectivity index (χ0v) is 18.1. The van der Waals surface area contributed by atoms with Crippen molar-refractivity contribution in [3.8, 4) is 5.75 Å². The first-order valence-corrected chi connectivity index (χ1v) is 10.9. The van der Waals surface area contributed by atoms with Gasteiger partial charge < -0.3 is 9.15 Å². The Bertz CT molecular complexity index is 1220. The average Bonchev–Trinajstić information content (AvgIpc) is 3.24. The third kappa shape index (κ3) is 5.28. The second-order valence-corrected chi connectivity index (χ2v) is 7.88. The minimum absolute atomic E-state index is 0.208. The van der Waals surface area contributed by atoms with E-state index >= 15 is 0 Å². The lowest BCUT2D eigenvalue weighted by Crippen LogP contribution is -2.44. The maximum absolute atomic E-state index is 12.6. The number of hydrogen-bond donors (Lipinski definition) is 2. The lowest BCUT2D eigenvalue weighted by molar-refractivity contribution is -0.123. The molecule has 32 heavy (non-hydrogen) atoms. The summed E-state index contributed by atoms with van der Waals surface area (Å²) in [5, 5.41) is 0.531. The summed E-state index contributed by atoms with van der Waals surface area (Å²) < 4.78 is 11.2. The monoisotopic (exact) mass is 447 g/mol. The summed E-state index contributed by atoms with van der Waals surface area (Å²) in [7, 11) is 0. The quantitative estimate of drug-likeness (QED) is 0.325. The Balaban J connectivity index is 1.32. The van der Waals surface area contributed by atoms with Crippen molar-refractivity contribution in [2.45, 2.75) is 17.9 Å². The fourth-order valence-corrected chi connectivity index (χ4v) is 3.85. The van der Waals surface area contributed by atoms with Crippen LogP contribution in [0.2, 0.25) is 0 Å². The Hall–Kier alpha value is -3.78. The Morgan fingerprint density at radius 2 is 1.72 bits per heavy atom. The molecule has 0 bridgehead atoms. The van der Waals surface area contributed by atoms with Crippen LogP contribution in [0, 0.1) is 6.92 Å². The van der Waals surface area contributed by atoms with Gasteiger partial charge in [0, 0.05) is 11.3 Å². The van der Waals surface area contributed by atoms with Gasteiger partial charge in [-0.2, -0.15) is 0 Å². The number of amides is 2. The van der Waals surface area contributed by atoms with Crippen molar-refractivity contribution in [2.24, 2.45) is 0 Å². The predicted molar refractivity (Wildman–Crippen MR) is 122 cm³/mol. The number of carbonyl (C=O) groups excluding carboxylic acids is 2. The molecule has 0 aliphatic rings. The van der Waals surface area contributed by atoms with E-state index in [1.165, 1.54) is 11.8 Å². The maximum Gasteiger partial charge on any atom is 0.276 e. The summed E-state index contributed by atoms with van der Waals surface area (Å²) in [6, 6.07) is 22.1. The summed E-state index contributed by atoms with van der Waals surface area (Å²) in [4.78, 5) is 29.1. The van der Waals surface area contributed by atoms with Crippen molar-refractivity contribution < 1.29 is 18.7 Å².